The molecule has 0 heterocycles. The summed E-state index contributed by atoms with van der Waals surface area (Å²) in [6.45, 7) is 7.43. The fraction of sp³-hybridized carbons (Fsp3) is 0.0769. The number of hydrogen-bond acceptors (Lipinski definition) is 0. The molecule has 0 aliphatic heterocycles. The van der Waals surface area contributed by atoms with Gasteiger partial charge in [0.15, 0.2) is 0 Å². The van der Waals surface area contributed by atoms with Gasteiger partial charge in [0.2, 0.25) is 0 Å². The Morgan fingerprint density at radius 3 is 2.38 bits per heavy atom. The summed E-state index contributed by atoms with van der Waals surface area (Å²) in [6, 6.07) is 10.3. The quantitative estimate of drug-likeness (QED) is 0.606. The van der Waals surface area contributed by atoms with E-state index in [1.165, 1.54) is 11.1 Å². The van der Waals surface area contributed by atoms with E-state index in [0.29, 0.717) is 0 Å². The Hall–Kier alpha value is -1.56. The summed E-state index contributed by atoms with van der Waals surface area (Å²) < 4.78 is 0. The van der Waals surface area contributed by atoms with Gasteiger partial charge in [-0.15, -0.1) is 0 Å². The first-order valence-corrected chi connectivity index (χ1v) is 4.34. The van der Waals surface area contributed by atoms with E-state index < -0.39 is 0 Å². The molecular formula is C13H14. The lowest BCUT2D eigenvalue weighted by Gasteiger charge is -2.00. The second-order valence-electron chi connectivity index (χ2n) is 2.84. The molecule has 0 bridgehead atoms. The second-order valence-corrected chi connectivity index (χ2v) is 2.84. The van der Waals surface area contributed by atoms with Crippen molar-refractivity contribution in [2.75, 3.05) is 0 Å². The molecule has 0 aliphatic carbocycles. The molecule has 1 aromatic rings. The van der Waals surface area contributed by atoms with Gasteiger partial charge in [0.05, 0.1) is 0 Å². The Bertz CT molecular complexity index is 304. The van der Waals surface area contributed by atoms with Crippen LogP contribution in [-0.4, -0.2) is 0 Å². The Labute approximate surface area is 79.9 Å². The third-order valence-corrected chi connectivity index (χ3v) is 1.85. The molecule has 0 spiro atoms. The molecule has 1 aromatic carbocycles. The summed E-state index contributed by atoms with van der Waals surface area (Å²) in [5.74, 6) is 0. The fourth-order valence-corrected chi connectivity index (χ4v) is 1.18. The predicted molar refractivity (Wildman–Crippen MR) is 58.6 cm³/mol. The third kappa shape index (κ3) is 3.12. The second kappa shape index (κ2) is 5.15. The Morgan fingerprint density at radius 2 is 1.85 bits per heavy atom. The van der Waals surface area contributed by atoms with Crippen molar-refractivity contribution in [1.82, 2.24) is 0 Å². The zero-order valence-electron chi connectivity index (χ0n) is 7.74. The normalized spacial score (nSPS) is 10.9. The van der Waals surface area contributed by atoms with Crippen molar-refractivity contribution in [3.8, 4) is 0 Å². The summed E-state index contributed by atoms with van der Waals surface area (Å²) in [6.07, 6.45) is 6.57. The lowest BCUT2D eigenvalue weighted by Crippen LogP contribution is -1.86. The molecule has 0 radical (unpaired) electrons. The molecule has 0 aliphatic rings. The molecule has 13 heavy (non-hydrogen) atoms. The van der Waals surface area contributed by atoms with Gasteiger partial charge in [-0.3, -0.25) is 0 Å². The van der Waals surface area contributed by atoms with Crippen LogP contribution < -0.4 is 0 Å². The van der Waals surface area contributed by atoms with Gasteiger partial charge in [-0.1, -0.05) is 61.7 Å². The lowest BCUT2D eigenvalue weighted by atomic mass is 10.1. The van der Waals surface area contributed by atoms with Gasteiger partial charge in [-0.25, -0.2) is 0 Å². The van der Waals surface area contributed by atoms with Crippen molar-refractivity contribution >= 4 is 0 Å². The Kier molecular flexibility index (Phi) is 3.77. The van der Waals surface area contributed by atoms with Crippen LogP contribution >= 0.6 is 0 Å². The molecule has 0 aromatic heterocycles. The Balaban J connectivity index is 2.73. The van der Waals surface area contributed by atoms with Crippen LogP contribution in [0.25, 0.3) is 0 Å². The number of allylic oxidation sites excluding steroid dienone is 4. The Morgan fingerprint density at radius 1 is 1.15 bits per heavy atom. The summed E-state index contributed by atoms with van der Waals surface area (Å²) in [5, 5.41) is 0. The number of hydrogen-bond donors (Lipinski definition) is 0. The first-order chi connectivity index (χ1) is 6.36. The van der Waals surface area contributed by atoms with Crippen molar-refractivity contribution in [2.45, 2.75) is 6.42 Å². The van der Waals surface area contributed by atoms with Crippen molar-refractivity contribution in [3.05, 3.63) is 72.9 Å². The van der Waals surface area contributed by atoms with Crippen LogP contribution in [-0.2, 0) is 6.42 Å². The van der Waals surface area contributed by atoms with Gasteiger partial charge in [0, 0.05) is 0 Å². The van der Waals surface area contributed by atoms with Gasteiger partial charge in [-0.2, -0.15) is 0 Å². The van der Waals surface area contributed by atoms with Crippen LogP contribution in [0, 0.1) is 0 Å². The van der Waals surface area contributed by atoms with Crippen LogP contribution in [0.5, 0.6) is 0 Å². The SMILES string of the molecule is C=C/C=C(\C=C)Cc1ccccc1. The molecule has 0 N–H and O–H groups in total. The molecule has 0 unspecified atom stereocenters. The fourth-order valence-electron chi connectivity index (χ4n) is 1.18. The number of rotatable bonds is 4. The minimum absolute atomic E-state index is 0.927. The minimum atomic E-state index is 0.927. The molecule has 1 rings (SSSR count). The monoisotopic (exact) mass is 170 g/mol. The third-order valence-electron chi connectivity index (χ3n) is 1.85. The average Bonchev–Trinajstić information content (AvgIpc) is 2.19. The average molecular weight is 170 g/mol. The van der Waals surface area contributed by atoms with Gasteiger partial charge < -0.3 is 0 Å². The molecule has 0 amide bonds. The highest BCUT2D eigenvalue weighted by atomic mass is 14.0. The molecule has 0 fully saturated rings. The van der Waals surface area contributed by atoms with Crippen LogP contribution in [0.2, 0.25) is 0 Å². The van der Waals surface area contributed by atoms with E-state index in [1.807, 2.05) is 30.4 Å². The molecule has 0 nitrogen and oxygen atoms in total. The zero-order chi connectivity index (χ0) is 9.52. The van der Waals surface area contributed by atoms with Crippen LogP contribution in [0.3, 0.4) is 0 Å². The van der Waals surface area contributed by atoms with Gasteiger partial charge >= 0.3 is 0 Å². The van der Waals surface area contributed by atoms with Crippen molar-refractivity contribution in [3.63, 3.8) is 0 Å². The first-order valence-electron chi connectivity index (χ1n) is 4.34. The van der Waals surface area contributed by atoms with E-state index in [0.717, 1.165) is 6.42 Å². The maximum absolute atomic E-state index is 3.76. The standard InChI is InChI=1S/C13H14/c1-3-8-12(4-2)11-13-9-6-5-7-10-13/h3-10H,1-2,11H2/b12-8+. The van der Waals surface area contributed by atoms with Crippen LogP contribution in [0.1, 0.15) is 5.56 Å². The van der Waals surface area contributed by atoms with Gasteiger partial charge in [-0.05, 0) is 17.6 Å². The van der Waals surface area contributed by atoms with E-state index in [1.54, 1.807) is 6.08 Å². The summed E-state index contributed by atoms with van der Waals surface area (Å²) in [7, 11) is 0. The first kappa shape index (κ1) is 9.53. The highest BCUT2D eigenvalue weighted by Crippen LogP contribution is 2.08. The molecule has 66 valence electrons. The summed E-state index contributed by atoms with van der Waals surface area (Å²) in [4.78, 5) is 0. The van der Waals surface area contributed by atoms with Crippen molar-refractivity contribution in [2.24, 2.45) is 0 Å². The van der Waals surface area contributed by atoms with Crippen molar-refractivity contribution < 1.29 is 0 Å². The minimum Gasteiger partial charge on any atom is -0.0991 e. The topological polar surface area (TPSA) is 0 Å². The molecule has 0 saturated carbocycles. The van der Waals surface area contributed by atoms with E-state index in [9.17, 15) is 0 Å². The van der Waals surface area contributed by atoms with E-state index in [4.69, 9.17) is 0 Å². The number of benzene rings is 1. The highest BCUT2D eigenvalue weighted by molar-refractivity contribution is 5.29. The molecule has 0 heteroatoms. The molecule has 0 atom stereocenters. The maximum Gasteiger partial charge on any atom is -0.00260 e. The van der Waals surface area contributed by atoms with E-state index >= 15 is 0 Å². The van der Waals surface area contributed by atoms with E-state index in [2.05, 4.69) is 25.3 Å². The summed E-state index contributed by atoms with van der Waals surface area (Å²) in [5.41, 5.74) is 2.50. The van der Waals surface area contributed by atoms with Crippen LogP contribution in [0.4, 0.5) is 0 Å². The molecular weight excluding hydrogens is 156 g/mol. The van der Waals surface area contributed by atoms with E-state index in [-0.39, 0.29) is 0 Å². The lowest BCUT2D eigenvalue weighted by molar-refractivity contribution is 1.20. The zero-order valence-corrected chi connectivity index (χ0v) is 7.74. The van der Waals surface area contributed by atoms with Crippen molar-refractivity contribution in [1.29, 1.82) is 0 Å². The molecule has 0 saturated heterocycles. The maximum atomic E-state index is 3.76. The summed E-state index contributed by atoms with van der Waals surface area (Å²) >= 11 is 0. The highest BCUT2D eigenvalue weighted by Gasteiger charge is 1.92. The van der Waals surface area contributed by atoms with Gasteiger partial charge in [0.25, 0.3) is 0 Å². The van der Waals surface area contributed by atoms with Crippen LogP contribution in [0.15, 0.2) is 67.3 Å². The predicted octanol–water partition coefficient (Wildman–Crippen LogP) is 3.53. The van der Waals surface area contributed by atoms with Gasteiger partial charge in [0.1, 0.15) is 0 Å². The smallest absolute Gasteiger partial charge is 0.00260 e. The largest absolute Gasteiger partial charge is 0.0991 e.